The van der Waals surface area contributed by atoms with Gasteiger partial charge in [-0.2, -0.15) is 0 Å². The van der Waals surface area contributed by atoms with Crippen molar-refractivity contribution >= 4 is 0 Å². The molecule has 0 spiro atoms. The third-order valence-corrected chi connectivity index (χ3v) is 1.56. The minimum absolute atomic E-state index is 0.633. The monoisotopic (exact) mass is 167 g/mol. The standard InChI is InChI=1S/C9H13NO2/c1-11-10(12-2)8-9-6-4-3-5-7-9/h3-7H,8H2,1-2H3/q+1. The summed E-state index contributed by atoms with van der Waals surface area (Å²) in [4.78, 5) is 9.83. The van der Waals surface area contributed by atoms with Crippen molar-refractivity contribution in [3.63, 3.8) is 0 Å². The first-order valence-corrected chi connectivity index (χ1v) is 3.76. The van der Waals surface area contributed by atoms with Crippen LogP contribution >= 0.6 is 0 Å². The van der Waals surface area contributed by atoms with Crippen molar-refractivity contribution in [1.82, 2.24) is 5.23 Å². The van der Waals surface area contributed by atoms with Gasteiger partial charge in [0.2, 0.25) is 6.54 Å². The molecule has 0 saturated heterocycles. The number of nitrogens with zero attached hydrogens (tertiary/aromatic N) is 1. The lowest BCUT2D eigenvalue weighted by Crippen LogP contribution is -2.26. The van der Waals surface area contributed by atoms with E-state index in [2.05, 4.69) is 0 Å². The summed E-state index contributed by atoms with van der Waals surface area (Å²) in [5.41, 5.74) is 1.15. The summed E-state index contributed by atoms with van der Waals surface area (Å²) in [5.74, 6) is 0. The van der Waals surface area contributed by atoms with Gasteiger partial charge >= 0.3 is 0 Å². The molecule has 0 heterocycles. The van der Waals surface area contributed by atoms with E-state index in [1.807, 2.05) is 30.3 Å². The molecule has 0 N–H and O–H groups in total. The van der Waals surface area contributed by atoms with Gasteiger partial charge in [-0.3, -0.25) is 0 Å². The van der Waals surface area contributed by atoms with Crippen molar-refractivity contribution in [3.05, 3.63) is 35.9 Å². The van der Waals surface area contributed by atoms with Crippen LogP contribution in [0.3, 0.4) is 0 Å². The van der Waals surface area contributed by atoms with E-state index in [1.165, 1.54) is 5.23 Å². The molecule has 0 aliphatic carbocycles. The summed E-state index contributed by atoms with van der Waals surface area (Å²) in [6.07, 6.45) is 0. The lowest BCUT2D eigenvalue weighted by molar-refractivity contribution is -0.255. The van der Waals surface area contributed by atoms with E-state index in [0.29, 0.717) is 6.54 Å². The average molecular weight is 167 g/mol. The molecular formula is C9H13NO2+. The number of hydrogen-bond donors (Lipinski definition) is 0. The largest absolute Gasteiger partial charge is 0.227 e. The predicted molar refractivity (Wildman–Crippen MR) is 46.3 cm³/mol. The Morgan fingerprint density at radius 3 is 2.17 bits per heavy atom. The summed E-state index contributed by atoms with van der Waals surface area (Å²) in [5, 5.41) is 1.41. The highest BCUT2D eigenvalue weighted by atomic mass is 16.9. The zero-order valence-corrected chi connectivity index (χ0v) is 7.36. The number of benzene rings is 1. The summed E-state index contributed by atoms with van der Waals surface area (Å²) in [6.45, 7) is 0.633. The highest BCUT2D eigenvalue weighted by Crippen LogP contribution is 2.01. The maximum Gasteiger partial charge on any atom is 0.227 e. The van der Waals surface area contributed by atoms with E-state index in [4.69, 9.17) is 9.68 Å². The van der Waals surface area contributed by atoms with E-state index in [-0.39, 0.29) is 0 Å². The molecule has 0 aromatic heterocycles. The number of hydrogen-bond acceptors (Lipinski definition) is 3. The maximum atomic E-state index is 4.91. The van der Waals surface area contributed by atoms with Crippen LogP contribution in [0.1, 0.15) is 5.56 Å². The topological polar surface area (TPSA) is 24.4 Å². The second-order valence-electron chi connectivity index (χ2n) is 2.34. The zero-order valence-electron chi connectivity index (χ0n) is 7.36. The maximum absolute atomic E-state index is 4.91. The second kappa shape index (κ2) is 4.87. The van der Waals surface area contributed by atoms with Crippen molar-refractivity contribution < 1.29 is 9.68 Å². The van der Waals surface area contributed by atoms with E-state index < -0.39 is 0 Å². The fourth-order valence-corrected chi connectivity index (χ4v) is 0.936. The molecule has 1 rings (SSSR count). The molecule has 0 fully saturated rings. The van der Waals surface area contributed by atoms with Gasteiger partial charge in [-0.05, 0) is 0 Å². The summed E-state index contributed by atoms with van der Waals surface area (Å²) >= 11 is 0. The van der Waals surface area contributed by atoms with Crippen LogP contribution in [0.4, 0.5) is 0 Å². The molecule has 3 nitrogen and oxygen atoms in total. The van der Waals surface area contributed by atoms with Crippen molar-refractivity contribution in [2.75, 3.05) is 14.2 Å². The first-order valence-electron chi connectivity index (χ1n) is 3.76. The predicted octanol–water partition coefficient (Wildman–Crippen LogP) is 1.45. The molecule has 0 unspecified atom stereocenters. The van der Waals surface area contributed by atoms with Crippen LogP contribution in [0.2, 0.25) is 0 Å². The Kier molecular flexibility index (Phi) is 3.73. The van der Waals surface area contributed by atoms with Crippen LogP contribution in [-0.2, 0) is 16.2 Å². The van der Waals surface area contributed by atoms with Crippen molar-refractivity contribution in [2.45, 2.75) is 6.54 Å². The Morgan fingerprint density at radius 1 is 1.08 bits per heavy atom. The van der Waals surface area contributed by atoms with Crippen molar-refractivity contribution in [3.8, 4) is 0 Å². The number of hydroxylamine groups is 2. The van der Waals surface area contributed by atoms with Crippen LogP contribution < -0.4 is 5.23 Å². The van der Waals surface area contributed by atoms with E-state index in [0.717, 1.165) is 5.56 Å². The molecule has 0 aliphatic heterocycles. The summed E-state index contributed by atoms with van der Waals surface area (Å²) in [6, 6.07) is 9.99. The Balaban J connectivity index is 2.51. The molecule has 1 aromatic rings. The van der Waals surface area contributed by atoms with Gasteiger partial charge in [0.05, 0.1) is 0 Å². The van der Waals surface area contributed by atoms with Gasteiger partial charge < -0.3 is 0 Å². The molecule has 65 valence electrons. The lowest BCUT2D eigenvalue weighted by atomic mass is 10.2. The van der Waals surface area contributed by atoms with Gasteiger partial charge in [-0.15, -0.1) is 9.68 Å². The van der Waals surface area contributed by atoms with Crippen LogP contribution in [0, 0.1) is 0 Å². The van der Waals surface area contributed by atoms with Gasteiger partial charge in [-0.1, -0.05) is 30.3 Å². The van der Waals surface area contributed by atoms with Crippen LogP contribution in [0.25, 0.3) is 0 Å². The molecule has 1 radical (unpaired) electrons. The van der Waals surface area contributed by atoms with Crippen LogP contribution in [0.15, 0.2) is 30.3 Å². The minimum atomic E-state index is 0.633. The molecule has 0 bridgehead atoms. The molecule has 0 saturated carbocycles. The Hall–Kier alpha value is -0.900. The fourth-order valence-electron chi connectivity index (χ4n) is 0.936. The average Bonchev–Trinajstić information content (AvgIpc) is 2.16. The summed E-state index contributed by atoms with van der Waals surface area (Å²) in [7, 11) is 3.15. The first kappa shape index (κ1) is 9.19. The number of rotatable bonds is 4. The molecule has 12 heavy (non-hydrogen) atoms. The van der Waals surface area contributed by atoms with E-state index >= 15 is 0 Å². The van der Waals surface area contributed by atoms with Crippen LogP contribution in [0.5, 0.6) is 0 Å². The van der Waals surface area contributed by atoms with Crippen LogP contribution in [-0.4, -0.2) is 14.2 Å². The third kappa shape index (κ3) is 2.62. The SMILES string of the molecule is CO[N+](Cc1ccccc1)OC. The third-order valence-electron chi connectivity index (χ3n) is 1.56. The van der Waals surface area contributed by atoms with Crippen molar-refractivity contribution in [2.24, 2.45) is 0 Å². The molecular weight excluding hydrogens is 154 g/mol. The van der Waals surface area contributed by atoms with Crippen molar-refractivity contribution in [1.29, 1.82) is 0 Å². The second-order valence-corrected chi connectivity index (χ2v) is 2.34. The fraction of sp³-hybridized carbons (Fsp3) is 0.333. The van der Waals surface area contributed by atoms with Gasteiger partial charge in [0.1, 0.15) is 14.2 Å². The van der Waals surface area contributed by atoms with Gasteiger partial charge in [0.15, 0.2) is 5.23 Å². The van der Waals surface area contributed by atoms with Gasteiger partial charge in [0.25, 0.3) is 0 Å². The normalized spacial score (nSPS) is 10.6. The Labute approximate surface area is 72.4 Å². The molecule has 0 amide bonds. The van der Waals surface area contributed by atoms with E-state index in [1.54, 1.807) is 14.2 Å². The minimum Gasteiger partial charge on any atom is -0.113 e. The Bertz CT molecular complexity index is 209. The van der Waals surface area contributed by atoms with E-state index in [9.17, 15) is 0 Å². The van der Waals surface area contributed by atoms with Gasteiger partial charge in [-0.25, -0.2) is 0 Å². The highest BCUT2D eigenvalue weighted by molar-refractivity contribution is 5.14. The lowest BCUT2D eigenvalue weighted by Gasteiger charge is -2.01. The molecule has 0 atom stereocenters. The highest BCUT2D eigenvalue weighted by Gasteiger charge is 2.15. The molecule has 3 heteroatoms. The smallest absolute Gasteiger partial charge is 0.113 e. The first-order chi connectivity index (χ1) is 5.86. The summed E-state index contributed by atoms with van der Waals surface area (Å²) < 4.78 is 0. The molecule has 1 aromatic carbocycles. The Morgan fingerprint density at radius 2 is 1.67 bits per heavy atom. The zero-order chi connectivity index (χ0) is 8.81. The van der Waals surface area contributed by atoms with Gasteiger partial charge in [0, 0.05) is 5.56 Å². The molecule has 0 aliphatic rings. The quantitative estimate of drug-likeness (QED) is 0.634.